The fourth-order valence-corrected chi connectivity index (χ4v) is 6.59. The van der Waals surface area contributed by atoms with Crippen molar-refractivity contribution in [3.8, 4) is 5.75 Å². The van der Waals surface area contributed by atoms with Gasteiger partial charge in [0.1, 0.15) is 5.75 Å². The summed E-state index contributed by atoms with van der Waals surface area (Å²) in [7, 11) is 0. The maximum Gasteiger partial charge on any atom is 0.269 e. The van der Waals surface area contributed by atoms with Crippen LogP contribution in [0.5, 0.6) is 5.75 Å². The topological polar surface area (TPSA) is 111 Å². The summed E-state index contributed by atoms with van der Waals surface area (Å²) in [5.41, 5.74) is 1.08. The number of carbonyl (C=O) groups is 3. The first-order valence-electron chi connectivity index (χ1n) is 14.8. The van der Waals surface area contributed by atoms with Gasteiger partial charge in [0.05, 0.1) is 30.6 Å². The first-order valence-corrected chi connectivity index (χ1v) is 15.1. The minimum atomic E-state index is -1.90. The summed E-state index contributed by atoms with van der Waals surface area (Å²) in [6.07, 6.45) is 5.11. The van der Waals surface area contributed by atoms with Crippen LogP contribution in [0.25, 0.3) is 0 Å². The van der Waals surface area contributed by atoms with Crippen LogP contribution in [-0.4, -0.2) is 58.6 Å². The fraction of sp³-hybridized carbons (Fsp3) is 0.324. The van der Waals surface area contributed by atoms with Crippen molar-refractivity contribution in [1.82, 2.24) is 4.90 Å². The highest BCUT2D eigenvalue weighted by Gasteiger charge is 2.52. The Labute approximate surface area is 260 Å². The molecule has 3 aromatic carbocycles. The number of aliphatic hydroxyl groups is 2. The van der Waals surface area contributed by atoms with Gasteiger partial charge in [0.25, 0.3) is 11.8 Å². The molecule has 2 N–H and O–H groups in total. The van der Waals surface area contributed by atoms with E-state index < -0.39 is 17.4 Å². The Balaban J connectivity index is 1.25. The average Bonchev–Trinajstić information content (AvgIpc) is 3.59. The number of benzene rings is 3. The highest BCUT2D eigenvalue weighted by molar-refractivity contribution is 6.31. The molecular formula is C34H34ClN3O6. The van der Waals surface area contributed by atoms with Gasteiger partial charge >= 0.3 is 0 Å². The fourth-order valence-electron chi connectivity index (χ4n) is 6.42. The Morgan fingerprint density at radius 3 is 2.75 bits per heavy atom. The van der Waals surface area contributed by atoms with E-state index in [4.69, 9.17) is 16.3 Å². The number of hydrogen-bond donors (Lipinski definition) is 2. The number of fused-ring (bicyclic) bond motifs is 2. The van der Waals surface area contributed by atoms with Gasteiger partial charge in [0.2, 0.25) is 5.91 Å². The number of aliphatic hydroxyl groups excluding tert-OH is 1. The summed E-state index contributed by atoms with van der Waals surface area (Å²) < 4.78 is 5.59. The lowest BCUT2D eigenvalue weighted by Crippen LogP contribution is -2.44. The van der Waals surface area contributed by atoms with Crippen LogP contribution in [0, 0.1) is 5.92 Å². The number of ether oxygens (including phenoxy) is 1. The number of anilines is 3. The Bertz CT molecular complexity index is 1640. The van der Waals surface area contributed by atoms with Crippen molar-refractivity contribution in [3.05, 3.63) is 95.0 Å². The predicted octanol–water partition coefficient (Wildman–Crippen LogP) is 4.70. The van der Waals surface area contributed by atoms with E-state index in [-0.39, 0.29) is 44.0 Å². The molecule has 3 atom stereocenters. The molecule has 3 heterocycles. The van der Waals surface area contributed by atoms with Gasteiger partial charge in [0.15, 0.2) is 12.2 Å². The highest BCUT2D eigenvalue weighted by atomic mass is 35.5. The molecule has 10 heteroatoms. The van der Waals surface area contributed by atoms with Crippen molar-refractivity contribution in [3.63, 3.8) is 0 Å². The number of nitrogens with zero attached hydrogens (tertiary/aromatic N) is 3. The van der Waals surface area contributed by atoms with E-state index in [0.717, 1.165) is 18.4 Å². The summed E-state index contributed by atoms with van der Waals surface area (Å²) in [4.78, 5) is 44.6. The molecule has 0 radical (unpaired) electrons. The first-order chi connectivity index (χ1) is 21.2. The van der Waals surface area contributed by atoms with E-state index >= 15 is 0 Å². The third-order valence-electron chi connectivity index (χ3n) is 8.73. The lowest BCUT2D eigenvalue weighted by atomic mass is 9.83. The number of amides is 3. The van der Waals surface area contributed by atoms with Crippen LogP contribution in [0.2, 0.25) is 5.02 Å². The molecule has 0 saturated carbocycles. The van der Waals surface area contributed by atoms with Gasteiger partial charge in [-0.15, -0.1) is 0 Å². The molecule has 1 fully saturated rings. The molecule has 1 saturated heterocycles. The third-order valence-corrected chi connectivity index (χ3v) is 8.97. The molecule has 0 bridgehead atoms. The zero-order chi connectivity index (χ0) is 31.0. The van der Waals surface area contributed by atoms with Crippen molar-refractivity contribution >= 4 is 46.4 Å². The van der Waals surface area contributed by atoms with Crippen LogP contribution in [0.3, 0.4) is 0 Å². The van der Waals surface area contributed by atoms with Crippen LogP contribution in [0.1, 0.15) is 37.3 Å². The summed E-state index contributed by atoms with van der Waals surface area (Å²) >= 11 is 6.34. The Morgan fingerprint density at radius 1 is 1.11 bits per heavy atom. The third kappa shape index (κ3) is 5.25. The van der Waals surface area contributed by atoms with Crippen molar-refractivity contribution < 1.29 is 29.3 Å². The number of likely N-dealkylation sites (tertiary alicyclic amines) is 1. The zero-order valence-corrected chi connectivity index (χ0v) is 25.1. The molecule has 0 aromatic heterocycles. The van der Waals surface area contributed by atoms with E-state index in [9.17, 15) is 24.6 Å². The van der Waals surface area contributed by atoms with Crippen LogP contribution < -0.4 is 14.5 Å². The Kier molecular flexibility index (Phi) is 8.20. The van der Waals surface area contributed by atoms with Crippen LogP contribution in [0.15, 0.2) is 78.9 Å². The van der Waals surface area contributed by atoms with Gasteiger partial charge in [-0.1, -0.05) is 54.9 Å². The van der Waals surface area contributed by atoms with Crippen LogP contribution in [-0.2, 0) is 26.5 Å². The molecule has 3 aliphatic rings. The van der Waals surface area contributed by atoms with Gasteiger partial charge in [-0.25, -0.2) is 0 Å². The largest absolute Gasteiger partial charge is 0.482 e. The maximum absolute atomic E-state index is 14.0. The van der Waals surface area contributed by atoms with Crippen molar-refractivity contribution in [2.45, 2.75) is 44.4 Å². The molecule has 3 aliphatic heterocycles. The Morgan fingerprint density at radius 2 is 1.93 bits per heavy atom. The predicted molar refractivity (Wildman–Crippen MR) is 167 cm³/mol. The molecular weight excluding hydrogens is 582 g/mol. The van der Waals surface area contributed by atoms with E-state index in [0.29, 0.717) is 39.9 Å². The van der Waals surface area contributed by atoms with Gasteiger partial charge in [-0.2, -0.15) is 0 Å². The van der Waals surface area contributed by atoms with Gasteiger partial charge in [-0.3, -0.25) is 19.3 Å². The highest BCUT2D eigenvalue weighted by Crippen LogP contribution is 2.47. The number of carbonyl (C=O) groups excluding carboxylic acids is 3. The van der Waals surface area contributed by atoms with E-state index in [1.807, 2.05) is 48.5 Å². The minimum absolute atomic E-state index is 0.0631. The number of hydrogen-bond acceptors (Lipinski definition) is 6. The van der Waals surface area contributed by atoms with Gasteiger partial charge in [-0.05, 0) is 60.9 Å². The molecule has 0 spiro atoms. The zero-order valence-electron chi connectivity index (χ0n) is 24.4. The minimum Gasteiger partial charge on any atom is -0.482 e. The SMILES string of the molecule is C[C@@H](/C=C/CC(=O)N1CCC[C@H]1CO)[C@]1(O)C(=O)N(Cc2cccc(N3C(=O)COc4ccccc43)c2)c2ccc(Cl)cc21. The average molecular weight is 616 g/mol. The second-order valence-electron chi connectivity index (χ2n) is 11.5. The quantitative estimate of drug-likeness (QED) is 0.356. The lowest BCUT2D eigenvalue weighted by Gasteiger charge is -2.30. The second kappa shape index (κ2) is 12.1. The molecule has 228 valence electrons. The van der Waals surface area contributed by atoms with Crippen molar-refractivity contribution in [2.24, 2.45) is 5.92 Å². The van der Waals surface area contributed by atoms with E-state index in [1.54, 1.807) is 47.1 Å². The number of rotatable bonds is 8. The molecule has 44 heavy (non-hydrogen) atoms. The molecule has 0 unspecified atom stereocenters. The smallest absolute Gasteiger partial charge is 0.269 e. The van der Waals surface area contributed by atoms with Gasteiger partial charge < -0.3 is 24.7 Å². The maximum atomic E-state index is 14.0. The summed E-state index contributed by atoms with van der Waals surface area (Å²) in [5.74, 6) is -0.868. The number of para-hydroxylation sites is 2. The van der Waals surface area contributed by atoms with Crippen LogP contribution in [0.4, 0.5) is 17.1 Å². The monoisotopic (exact) mass is 615 g/mol. The summed E-state index contributed by atoms with van der Waals surface area (Å²) in [6.45, 7) is 2.36. The summed E-state index contributed by atoms with van der Waals surface area (Å²) in [6, 6.07) is 19.6. The molecule has 3 aromatic rings. The first kappa shape index (κ1) is 29.9. The normalized spacial score (nSPS) is 21.9. The molecule has 6 rings (SSSR count). The second-order valence-corrected chi connectivity index (χ2v) is 11.9. The molecule has 9 nitrogen and oxygen atoms in total. The molecule has 0 aliphatic carbocycles. The van der Waals surface area contributed by atoms with Crippen molar-refractivity contribution in [2.75, 3.05) is 29.6 Å². The Hall–Kier alpha value is -4.18. The van der Waals surface area contributed by atoms with Crippen molar-refractivity contribution in [1.29, 1.82) is 0 Å². The van der Waals surface area contributed by atoms with E-state index in [2.05, 4.69) is 0 Å². The van der Waals surface area contributed by atoms with E-state index in [1.165, 1.54) is 4.90 Å². The lowest BCUT2D eigenvalue weighted by molar-refractivity contribution is -0.139. The number of halogens is 1. The summed E-state index contributed by atoms with van der Waals surface area (Å²) in [5, 5.41) is 22.0. The standard InChI is InChI=1S/C34H34ClN3O6/c1-22(7-4-13-31(40)36-16-6-10-26(36)20-39)34(43)27-18-24(35)14-15-28(27)37(33(34)42)19-23-8-5-9-25(17-23)38-29-11-2-3-12-30(29)44-21-32(38)41/h2-5,7-9,11-12,14-15,17-18,22,26,39,43H,6,10,13,16,19-21H2,1H3/b7-4+/t22-,26-,34+/m0/s1. The van der Waals surface area contributed by atoms with Gasteiger partial charge in [0, 0.05) is 35.2 Å². The van der Waals surface area contributed by atoms with Crippen LogP contribution >= 0.6 is 11.6 Å². The molecule has 3 amide bonds.